The van der Waals surface area contributed by atoms with Gasteiger partial charge in [-0.3, -0.25) is 19.1 Å². The number of pyridine rings is 2. The van der Waals surface area contributed by atoms with E-state index in [1.807, 2.05) is 0 Å². The molecule has 3 heterocycles. The van der Waals surface area contributed by atoms with Gasteiger partial charge < -0.3 is 15.4 Å². The Morgan fingerprint density at radius 1 is 1.13 bits per heavy atom. The monoisotopic (exact) mass is 671 g/mol. The van der Waals surface area contributed by atoms with Crippen LogP contribution in [0.1, 0.15) is 66.3 Å². The Morgan fingerprint density at radius 2 is 1.85 bits per heavy atom. The molecule has 0 spiro atoms. The van der Waals surface area contributed by atoms with E-state index in [2.05, 4.69) is 30.3 Å². The van der Waals surface area contributed by atoms with Crippen molar-refractivity contribution < 1.29 is 35.5 Å². The number of alkyl carbamates (subject to hydrolysis) is 1. The maximum absolute atomic E-state index is 15.0. The van der Waals surface area contributed by atoms with Crippen LogP contribution in [0.5, 0.6) is 0 Å². The number of sulfonamides is 1. The average molecular weight is 672 g/mol. The molecule has 0 bridgehead atoms. The van der Waals surface area contributed by atoms with E-state index >= 15 is 0 Å². The SMILES string of the molecule is CC(C)n1c(=O)c(-c2ccc(NS(=O)(=O)CCC(F)(F)F)cn2)cc2cnc(N[C@H]3CC[C@H](NC(=O)OC(C)(C)C)[C@H](F)C3)nc21. The van der Waals surface area contributed by atoms with Gasteiger partial charge in [0, 0.05) is 30.1 Å². The van der Waals surface area contributed by atoms with E-state index in [1.54, 1.807) is 40.7 Å². The fraction of sp³-hybridized carbons (Fsp3) is 0.552. The second-order valence-corrected chi connectivity index (χ2v) is 14.3. The lowest BCUT2D eigenvalue weighted by atomic mass is 9.89. The largest absolute Gasteiger partial charge is 0.444 e. The molecule has 0 saturated heterocycles. The Kier molecular flexibility index (Phi) is 10.1. The molecule has 1 aliphatic rings. The molecule has 1 fully saturated rings. The van der Waals surface area contributed by atoms with E-state index in [-0.39, 0.29) is 41.4 Å². The summed E-state index contributed by atoms with van der Waals surface area (Å²) >= 11 is 0. The van der Waals surface area contributed by atoms with Gasteiger partial charge in [-0.2, -0.15) is 18.2 Å². The third-order valence-electron chi connectivity index (χ3n) is 7.06. The predicted molar refractivity (Wildman–Crippen MR) is 165 cm³/mol. The van der Waals surface area contributed by atoms with Crippen LogP contribution < -0.4 is 20.9 Å². The van der Waals surface area contributed by atoms with Crippen LogP contribution in [0.25, 0.3) is 22.3 Å². The standard InChI is InChI=1S/C29H37F4N7O5S/c1-16(2)40-24-17(12-20(25(40)41)22-8-7-19(15-34-22)39-46(43,44)11-10-29(31,32)33)14-35-26(38-24)36-18-6-9-23(21(30)13-18)37-27(42)45-28(3,4)5/h7-8,12,14-16,18,21,23,39H,6,9-11,13H2,1-5H3,(H,37,42)(H,35,36,38)/t18-,21+,23-/m0/s1. The van der Waals surface area contributed by atoms with Gasteiger partial charge in [0.1, 0.15) is 17.4 Å². The zero-order valence-corrected chi connectivity index (χ0v) is 26.8. The fourth-order valence-electron chi connectivity index (χ4n) is 5.00. The first-order valence-electron chi connectivity index (χ1n) is 14.7. The van der Waals surface area contributed by atoms with E-state index in [9.17, 15) is 35.6 Å². The van der Waals surface area contributed by atoms with E-state index < -0.39 is 57.8 Å². The number of carbonyl (C=O) groups excluding carboxylic acids is 1. The second kappa shape index (κ2) is 13.4. The lowest BCUT2D eigenvalue weighted by molar-refractivity contribution is -0.129. The maximum atomic E-state index is 15.0. The molecule has 252 valence electrons. The van der Waals surface area contributed by atoms with Crippen molar-refractivity contribution in [3.8, 4) is 11.3 Å². The molecule has 1 aliphatic carbocycles. The summed E-state index contributed by atoms with van der Waals surface area (Å²) in [6.45, 7) is 8.76. The van der Waals surface area contributed by atoms with E-state index in [1.165, 1.54) is 22.9 Å². The summed E-state index contributed by atoms with van der Waals surface area (Å²) in [7, 11) is -4.27. The second-order valence-electron chi connectivity index (χ2n) is 12.4. The summed E-state index contributed by atoms with van der Waals surface area (Å²) in [5.74, 6) is -0.940. The Labute approximate surface area is 263 Å². The van der Waals surface area contributed by atoms with Crippen molar-refractivity contribution in [1.29, 1.82) is 0 Å². The predicted octanol–water partition coefficient (Wildman–Crippen LogP) is 5.32. The molecule has 0 aliphatic heterocycles. The Bertz CT molecular complexity index is 1730. The molecular weight excluding hydrogens is 634 g/mol. The number of hydrogen-bond donors (Lipinski definition) is 3. The zero-order chi connectivity index (χ0) is 34.0. The number of anilines is 2. The highest BCUT2D eigenvalue weighted by Crippen LogP contribution is 2.27. The van der Waals surface area contributed by atoms with Crippen LogP contribution in [0.2, 0.25) is 0 Å². The van der Waals surface area contributed by atoms with Crippen LogP contribution in [-0.4, -0.2) is 69.8 Å². The van der Waals surface area contributed by atoms with Gasteiger partial charge in [-0.1, -0.05) is 0 Å². The van der Waals surface area contributed by atoms with Gasteiger partial charge in [0.05, 0.1) is 41.4 Å². The summed E-state index contributed by atoms with van der Waals surface area (Å²) in [6.07, 6.45) is -4.51. The smallest absolute Gasteiger partial charge is 0.407 e. The summed E-state index contributed by atoms with van der Waals surface area (Å²) in [6, 6.07) is 2.87. The maximum Gasteiger partial charge on any atom is 0.407 e. The molecule has 12 nitrogen and oxygen atoms in total. The molecule has 0 aromatic carbocycles. The Morgan fingerprint density at radius 3 is 2.43 bits per heavy atom. The molecule has 0 unspecified atom stereocenters. The van der Waals surface area contributed by atoms with Crippen molar-refractivity contribution in [1.82, 2.24) is 24.8 Å². The van der Waals surface area contributed by atoms with Crippen molar-refractivity contribution in [2.75, 3.05) is 15.8 Å². The number of ether oxygens (including phenoxy) is 1. The highest BCUT2D eigenvalue weighted by molar-refractivity contribution is 7.92. The van der Waals surface area contributed by atoms with Gasteiger partial charge in [-0.05, 0) is 65.7 Å². The molecule has 1 saturated carbocycles. The highest BCUT2D eigenvalue weighted by Gasteiger charge is 2.33. The molecule has 3 atom stereocenters. The number of hydrogen-bond acceptors (Lipinski definition) is 9. The van der Waals surface area contributed by atoms with E-state index in [0.717, 1.165) is 6.20 Å². The number of nitrogens with one attached hydrogen (secondary N) is 3. The number of amides is 1. The van der Waals surface area contributed by atoms with Crippen LogP contribution >= 0.6 is 0 Å². The molecule has 4 rings (SSSR count). The molecule has 3 aromatic heterocycles. The third kappa shape index (κ3) is 9.26. The molecule has 3 N–H and O–H groups in total. The number of alkyl halides is 4. The number of aromatic nitrogens is 4. The Hall–Kier alpha value is -4.02. The summed E-state index contributed by atoms with van der Waals surface area (Å²) in [4.78, 5) is 38.8. The van der Waals surface area contributed by atoms with Gasteiger partial charge in [-0.15, -0.1) is 0 Å². The van der Waals surface area contributed by atoms with Crippen molar-refractivity contribution in [3.05, 3.63) is 40.9 Å². The van der Waals surface area contributed by atoms with Gasteiger partial charge in [0.2, 0.25) is 16.0 Å². The van der Waals surface area contributed by atoms with Gasteiger partial charge in [0.25, 0.3) is 5.56 Å². The number of rotatable bonds is 9. The van der Waals surface area contributed by atoms with Crippen LogP contribution in [0.4, 0.5) is 34.0 Å². The minimum atomic E-state index is -4.62. The number of fused-ring (bicyclic) bond motifs is 1. The average Bonchev–Trinajstić information content (AvgIpc) is 2.92. The van der Waals surface area contributed by atoms with Crippen molar-refractivity contribution in [2.45, 2.75) is 96.4 Å². The molecule has 17 heteroatoms. The van der Waals surface area contributed by atoms with Crippen LogP contribution in [0.3, 0.4) is 0 Å². The van der Waals surface area contributed by atoms with Gasteiger partial charge in [-0.25, -0.2) is 22.6 Å². The topological polar surface area (TPSA) is 157 Å². The molecule has 3 aromatic rings. The summed E-state index contributed by atoms with van der Waals surface area (Å²) < 4.78 is 85.2. The lowest BCUT2D eigenvalue weighted by Gasteiger charge is -2.33. The summed E-state index contributed by atoms with van der Waals surface area (Å²) in [5.41, 5.74) is -0.488. The Balaban J connectivity index is 1.50. The van der Waals surface area contributed by atoms with Crippen LogP contribution in [0, 0.1) is 0 Å². The fourth-order valence-corrected chi connectivity index (χ4v) is 6.08. The van der Waals surface area contributed by atoms with Crippen molar-refractivity contribution >= 4 is 38.8 Å². The first kappa shape index (κ1) is 34.8. The van der Waals surface area contributed by atoms with E-state index in [0.29, 0.717) is 23.9 Å². The van der Waals surface area contributed by atoms with Crippen LogP contribution in [0.15, 0.2) is 35.4 Å². The normalized spacial score (nSPS) is 19.2. The first-order valence-corrected chi connectivity index (χ1v) is 16.3. The quantitative estimate of drug-likeness (QED) is 0.256. The lowest BCUT2D eigenvalue weighted by Crippen LogP contribution is -2.48. The zero-order valence-electron chi connectivity index (χ0n) is 26.0. The number of carbonyl (C=O) groups is 1. The first-order chi connectivity index (χ1) is 21.3. The van der Waals surface area contributed by atoms with Crippen molar-refractivity contribution in [2.24, 2.45) is 0 Å². The molecular formula is C29H37F4N7O5S. The number of nitrogens with zero attached hydrogens (tertiary/aromatic N) is 4. The minimum Gasteiger partial charge on any atom is -0.444 e. The van der Waals surface area contributed by atoms with Gasteiger partial charge in [0.15, 0.2) is 0 Å². The third-order valence-corrected chi connectivity index (χ3v) is 8.35. The minimum absolute atomic E-state index is 0.0554. The van der Waals surface area contributed by atoms with Crippen molar-refractivity contribution in [3.63, 3.8) is 0 Å². The number of halogens is 4. The summed E-state index contributed by atoms with van der Waals surface area (Å²) in [5, 5.41) is 6.23. The van der Waals surface area contributed by atoms with Gasteiger partial charge >= 0.3 is 12.3 Å². The molecule has 46 heavy (non-hydrogen) atoms. The molecule has 1 amide bonds. The molecule has 0 radical (unpaired) electrons. The highest BCUT2D eigenvalue weighted by atomic mass is 32.2. The van der Waals surface area contributed by atoms with Crippen LogP contribution in [-0.2, 0) is 14.8 Å². The van der Waals surface area contributed by atoms with E-state index in [4.69, 9.17) is 4.74 Å².